The average molecular weight is 467 g/mol. The zero-order valence-electron chi connectivity index (χ0n) is 23.3. The Morgan fingerprint density at radius 2 is 0.556 bits per heavy atom. The van der Waals surface area contributed by atoms with Crippen LogP contribution in [0.3, 0.4) is 0 Å². The van der Waals surface area contributed by atoms with Gasteiger partial charge in [-0.05, 0) is 181 Å². The van der Waals surface area contributed by atoms with E-state index in [1.165, 1.54) is 87.6 Å². The van der Waals surface area contributed by atoms with Crippen molar-refractivity contribution in [3.05, 3.63) is 79.9 Å². The first-order chi connectivity index (χ1) is 17.1. The molecule has 0 spiro atoms. The van der Waals surface area contributed by atoms with Gasteiger partial charge in [-0.15, -0.1) is 11.8 Å². The molecule has 0 aliphatic carbocycles. The first kappa shape index (κ1) is 24.0. The maximum Gasteiger partial charge on any atom is 0.0403 e. The third kappa shape index (κ3) is 3.18. The van der Waals surface area contributed by atoms with Crippen molar-refractivity contribution in [2.75, 3.05) is 0 Å². The molecule has 0 fully saturated rings. The lowest BCUT2D eigenvalue weighted by molar-refractivity contribution is 1.25. The van der Waals surface area contributed by atoms with Crippen molar-refractivity contribution in [2.24, 2.45) is 0 Å². The lowest BCUT2D eigenvalue weighted by Gasteiger charge is -2.19. The van der Waals surface area contributed by atoms with Crippen molar-refractivity contribution in [1.82, 2.24) is 0 Å². The van der Waals surface area contributed by atoms with E-state index < -0.39 is 0 Å². The Hall–Kier alpha value is -3.74. The van der Waals surface area contributed by atoms with Crippen LogP contribution in [0, 0.1) is 79.1 Å². The summed E-state index contributed by atoms with van der Waals surface area (Å²) in [7, 11) is 0. The second-order valence-electron chi connectivity index (χ2n) is 10.4. The van der Waals surface area contributed by atoms with E-state index in [-0.39, 0.29) is 0 Å². The molecule has 0 aliphatic heterocycles. The Labute approximate surface area is 215 Å². The Kier molecular flexibility index (Phi) is 5.62. The van der Waals surface area contributed by atoms with Crippen LogP contribution in [0.25, 0.3) is 43.1 Å². The van der Waals surface area contributed by atoms with Crippen molar-refractivity contribution in [2.45, 2.75) is 69.2 Å². The van der Waals surface area contributed by atoms with Crippen LogP contribution < -0.4 is 0 Å². The van der Waals surface area contributed by atoms with Gasteiger partial charge >= 0.3 is 0 Å². The fraction of sp³-hybridized carbons (Fsp3) is 0.278. The minimum Gasteiger partial charge on any atom is -0.101 e. The number of benzene rings is 5. The molecule has 0 amide bonds. The van der Waals surface area contributed by atoms with Crippen molar-refractivity contribution in [1.29, 1.82) is 0 Å². The van der Waals surface area contributed by atoms with Crippen molar-refractivity contribution in [3.63, 3.8) is 0 Å². The van der Waals surface area contributed by atoms with Gasteiger partial charge in [0, 0.05) is 11.1 Å². The highest BCUT2D eigenvalue weighted by Gasteiger charge is 2.19. The molecule has 0 bridgehead atoms. The summed E-state index contributed by atoms with van der Waals surface area (Å²) in [6.45, 7) is 21.8. The van der Waals surface area contributed by atoms with E-state index >= 15 is 0 Å². The number of aryl methyl sites for hydroxylation is 4. The van der Waals surface area contributed by atoms with Crippen LogP contribution in [0.15, 0.2) is 24.3 Å². The average Bonchev–Trinajstić information content (AvgIpc) is 2.88. The van der Waals surface area contributed by atoms with Crippen molar-refractivity contribution >= 4 is 43.1 Å². The highest BCUT2D eigenvalue weighted by atomic mass is 14.2. The Bertz CT molecular complexity index is 1660. The Morgan fingerprint density at radius 3 is 0.750 bits per heavy atom. The van der Waals surface area contributed by atoms with E-state index in [2.05, 4.69) is 103 Å². The smallest absolute Gasteiger partial charge is 0.0403 e. The molecule has 178 valence electrons. The van der Waals surface area contributed by atoms with Crippen LogP contribution >= 0.6 is 0 Å². The molecule has 5 aromatic carbocycles. The summed E-state index contributed by atoms with van der Waals surface area (Å²) in [6, 6.07) is 9.51. The molecular formula is C36H34. The number of rotatable bonds is 0. The Morgan fingerprint density at radius 1 is 0.333 bits per heavy atom. The van der Waals surface area contributed by atoms with Crippen LogP contribution in [0.1, 0.15) is 69.5 Å². The number of fused-ring (bicyclic) bond motifs is 4. The van der Waals surface area contributed by atoms with Crippen LogP contribution in [-0.2, 0) is 0 Å². The summed E-state index contributed by atoms with van der Waals surface area (Å²) in [6.07, 6.45) is 0. The topological polar surface area (TPSA) is 0 Å². The fourth-order valence-corrected chi connectivity index (χ4v) is 6.01. The third-order valence-electron chi connectivity index (χ3n) is 8.88. The molecule has 5 rings (SSSR count). The molecule has 0 atom stereocenters. The van der Waals surface area contributed by atoms with E-state index in [9.17, 15) is 0 Å². The van der Waals surface area contributed by atoms with E-state index in [1.54, 1.807) is 0 Å². The van der Waals surface area contributed by atoms with E-state index in [0.29, 0.717) is 0 Å². The molecule has 0 heterocycles. The van der Waals surface area contributed by atoms with Gasteiger partial charge in [-0.1, -0.05) is 11.8 Å². The molecule has 0 unspecified atom stereocenters. The normalized spacial score (nSPS) is 11.2. The van der Waals surface area contributed by atoms with E-state index in [4.69, 9.17) is 0 Å². The van der Waals surface area contributed by atoms with Crippen molar-refractivity contribution in [3.8, 4) is 23.7 Å². The number of hydrogen-bond acceptors (Lipinski definition) is 0. The summed E-state index contributed by atoms with van der Waals surface area (Å²) in [5.74, 6) is 13.5. The highest BCUT2D eigenvalue weighted by molar-refractivity contribution is 6.17. The molecule has 0 aromatic heterocycles. The van der Waals surface area contributed by atoms with Gasteiger partial charge in [0.15, 0.2) is 0 Å². The maximum atomic E-state index is 3.51. The molecular weight excluding hydrogens is 432 g/mol. The van der Waals surface area contributed by atoms with Gasteiger partial charge in [0.2, 0.25) is 0 Å². The molecule has 0 radical (unpaired) electrons. The minimum absolute atomic E-state index is 1.11. The van der Waals surface area contributed by atoms with Gasteiger partial charge in [0.1, 0.15) is 0 Å². The molecule has 0 saturated carbocycles. The predicted octanol–water partition coefficient (Wildman–Crippen LogP) is 9.51. The van der Waals surface area contributed by atoms with E-state index in [1.807, 2.05) is 13.8 Å². The van der Waals surface area contributed by atoms with Gasteiger partial charge in [0.25, 0.3) is 0 Å². The number of hydrogen-bond donors (Lipinski definition) is 0. The maximum absolute atomic E-state index is 3.51. The first-order valence-corrected chi connectivity index (χ1v) is 12.8. The monoisotopic (exact) mass is 466 g/mol. The molecule has 5 aromatic rings. The summed E-state index contributed by atoms with van der Waals surface area (Å²) in [5, 5.41) is 10.1. The van der Waals surface area contributed by atoms with Crippen LogP contribution in [0.5, 0.6) is 0 Å². The van der Waals surface area contributed by atoms with Crippen LogP contribution in [0.2, 0.25) is 0 Å². The summed E-state index contributed by atoms with van der Waals surface area (Å²) in [4.78, 5) is 0. The summed E-state index contributed by atoms with van der Waals surface area (Å²) in [5.41, 5.74) is 13.1. The summed E-state index contributed by atoms with van der Waals surface area (Å²) < 4.78 is 0. The zero-order chi connectivity index (χ0) is 26.0. The Balaban J connectivity index is 2.15. The van der Waals surface area contributed by atoms with Gasteiger partial charge in [-0.25, -0.2) is 0 Å². The van der Waals surface area contributed by atoms with Gasteiger partial charge in [-0.2, -0.15) is 0 Å². The largest absolute Gasteiger partial charge is 0.101 e. The SMILES string of the molecule is CC#Cc1c2cc3c(C)c(C)c(C)c(C)c3cc2c(C#CC)c2cc3c(C)c(C)c(C)c(C)c3cc12. The molecule has 0 aliphatic rings. The first-order valence-electron chi connectivity index (χ1n) is 12.8. The van der Waals surface area contributed by atoms with Crippen LogP contribution in [0.4, 0.5) is 0 Å². The highest BCUT2D eigenvalue weighted by Crippen LogP contribution is 2.41. The van der Waals surface area contributed by atoms with Crippen LogP contribution in [-0.4, -0.2) is 0 Å². The lowest BCUT2D eigenvalue weighted by atomic mass is 9.84. The van der Waals surface area contributed by atoms with Gasteiger partial charge in [-0.3, -0.25) is 0 Å². The molecule has 0 N–H and O–H groups in total. The van der Waals surface area contributed by atoms with E-state index in [0.717, 1.165) is 11.1 Å². The van der Waals surface area contributed by atoms with Crippen molar-refractivity contribution < 1.29 is 0 Å². The predicted molar refractivity (Wildman–Crippen MR) is 159 cm³/mol. The third-order valence-corrected chi connectivity index (χ3v) is 8.88. The second kappa shape index (κ2) is 8.43. The second-order valence-corrected chi connectivity index (χ2v) is 10.4. The molecule has 0 saturated heterocycles. The molecule has 0 heteroatoms. The molecule has 0 nitrogen and oxygen atoms in total. The standard InChI is InChI=1S/C36H34/c1-11-13-27-33-15-29-23(7)19(3)21(5)25(9)31(29)17-35(33)28(14-12-2)36-18-32-26(10)22(6)20(4)24(8)30(32)16-34(27)36/h15-18H,1-10H3. The molecule has 36 heavy (non-hydrogen) atoms. The minimum atomic E-state index is 1.11. The fourth-order valence-electron chi connectivity index (χ4n) is 6.01. The summed E-state index contributed by atoms with van der Waals surface area (Å²) >= 11 is 0. The van der Waals surface area contributed by atoms with Gasteiger partial charge in [0.05, 0.1) is 0 Å². The zero-order valence-corrected chi connectivity index (χ0v) is 23.3. The lowest BCUT2D eigenvalue weighted by Crippen LogP contribution is -1.98. The quantitative estimate of drug-likeness (QED) is 0.157. The van der Waals surface area contributed by atoms with Gasteiger partial charge < -0.3 is 0 Å².